The number of benzene rings is 1. The normalized spacial score (nSPS) is 27.1. The van der Waals surface area contributed by atoms with Gasteiger partial charge in [-0.3, -0.25) is 4.79 Å². The number of aliphatic carboxylic acids is 1. The standard InChI is InChI=1S/C23H29FO5/c24-16-7-10-18(11-8-16)28-15-17(25)9-12-20-19(21-13-14-22(20)29-21)5-3-1-2-4-6-23(26)27/h1,3,7-12,17,19-22,25H,2,4-6,13-15H2,(H,26,27)/b3-1-,12-9+/t17?,19-,20-,21+,22+/m0/s1. The number of allylic oxidation sites excluding steroid dienone is 2. The van der Waals surface area contributed by atoms with E-state index in [0.717, 1.165) is 25.7 Å². The van der Waals surface area contributed by atoms with Gasteiger partial charge in [-0.25, -0.2) is 4.39 Å². The number of unbranched alkanes of at least 4 members (excludes halogenated alkanes) is 1. The average molecular weight is 404 g/mol. The summed E-state index contributed by atoms with van der Waals surface area (Å²) in [6.07, 6.45) is 12.3. The molecule has 2 N–H and O–H groups in total. The third-order valence-corrected chi connectivity index (χ3v) is 5.61. The van der Waals surface area contributed by atoms with Crippen molar-refractivity contribution < 1.29 is 28.9 Å². The van der Waals surface area contributed by atoms with E-state index in [1.807, 2.05) is 6.08 Å². The van der Waals surface area contributed by atoms with Crippen molar-refractivity contribution >= 4 is 5.97 Å². The number of carbonyl (C=O) groups is 1. The maximum atomic E-state index is 12.9. The van der Waals surface area contributed by atoms with Crippen molar-refractivity contribution in [2.45, 2.75) is 56.8 Å². The summed E-state index contributed by atoms with van der Waals surface area (Å²) >= 11 is 0. The van der Waals surface area contributed by atoms with Gasteiger partial charge < -0.3 is 19.7 Å². The van der Waals surface area contributed by atoms with Crippen LogP contribution in [-0.2, 0) is 9.53 Å². The molecule has 2 bridgehead atoms. The molecule has 2 saturated heterocycles. The van der Waals surface area contributed by atoms with Gasteiger partial charge in [0, 0.05) is 12.3 Å². The Kier molecular flexibility index (Phi) is 7.83. The minimum Gasteiger partial charge on any atom is -0.491 e. The second kappa shape index (κ2) is 10.6. The zero-order valence-corrected chi connectivity index (χ0v) is 16.5. The number of aliphatic hydroxyl groups excluding tert-OH is 1. The zero-order chi connectivity index (χ0) is 20.6. The fraction of sp³-hybridized carbons (Fsp3) is 0.522. The largest absolute Gasteiger partial charge is 0.491 e. The Hall–Kier alpha value is -2.18. The van der Waals surface area contributed by atoms with Gasteiger partial charge in [-0.1, -0.05) is 24.3 Å². The van der Waals surface area contributed by atoms with Crippen LogP contribution in [0.4, 0.5) is 4.39 Å². The molecule has 2 aliphatic heterocycles. The Balaban J connectivity index is 1.46. The number of aliphatic hydroxyl groups is 1. The molecule has 0 amide bonds. The summed E-state index contributed by atoms with van der Waals surface area (Å²) in [4.78, 5) is 10.5. The Labute approximate surface area is 170 Å². The molecule has 1 aromatic carbocycles. The molecule has 2 heterocycles. The number of hydrogen-bond donors (Lipinski definition) is 2. The van der Waals surface area contributed by atoms with Crippen LogP contribution in [0.2, 0.25) is 0 Å². The first kappa shape index (κ1) is 21.5. The minimum atomic E-state index is -0.757. The molecule has 0 spiro atoms. The van der Waals surface area contributed by atoms with E-state index >= 15 is 0 Å². The van der Waals surface area contributed by atoms with Crippen LogP contribution in [0.5, 0.6) is 5.75 Å². The molecular formula is C23H29FO5. The lowest BCUT2D eigenvalue weighted by Gasteiger charge is -2.25. The highest BCUT2D eigenvalue weighted by Gasteiger charge is 2.46. The number of hydrogen-bond acceptors (Lipinski definition) is 4. The molecule has 29 heavy (non-hydrogen) atoms. The summed E-state index contributed by atoms with van der Waals surface area (Å²) in [5, 5.41) is 18.9. The molecular weight excluding hydrogens is 375 g/mol. The van der Waals surface area contributed by atoms with Crippen LogP contribution in [0.1, 0.15) is 38.5 Å². The van der Waals surface area contributed by atoms with E-state index in [1.54, 1.807) is 6.08 Å². The molecule has 0 radical (unpaired) electrons. The van der Waals surface area contributed by atoms with Gasteiger partial charge in [0.2, 0.25) is 0 Å². The van der Waals surface area contributed by atoms with Crippen molar-refractivity contribution in [3.8, 4) is 5.75 Å². The van der Waals surface area contributed by atoms with Crippen LogP contribution in [-0.4, -0.2) is 41.1 Å². The van der Waals surface area contributed by atoms with Crippen molar-refractivity contribution in [3.63, 3.8) is 0 Å². The lowest BCUT2D eigenvalue weighted by Crippen LogP contribution is -2.26. The minimum absolute atomic E-state index is 0.109. The molecule has 0 saturated carbocycles. The summed E-state index contributed by atoms with van der Waals surface area (Å²) in [7, 11) is 0. The second-order valence-electron chi connectivity index (χ2n) is 7.74. The highest BCUT2D eigenvalue weighted by Crippen LogP contribution is 2.45. The Bertz CT molecular complexity index is 714. The van der Waals surface area contributed by atoms with E-state index in [0.29, 0.717) is 18.1 Å². The third kappa shape index (κ3) is 6.41. The predicted molar refractivity (Wildman–Crippen MR) is 107 cm³/mol. The molecule has 0 aromatic heterocycles. The summed E-state index contributed by atoms with van der Waals surface area (Å²) in [5.41, 5.74) is 0. The molecule has 1 unspecified atom stereocenters. The first-order chi connectivity index (χ1) is 14.0. The monoisotopic (exact) mass is 404 g/mol. The highest BCUT2D eigenvalue weighted by molar-refractivity contribution is 5.66. The lowest BCUT2D eigenvalue weighted by molar-refractivity contribution is -0.137. The van der Waals surface area contributed by atoms with Gasteiger partial charge in [-0.2, -0.15) is 0 Å². The molecule has 5 atom stereocenters. The molecule has 3 rings (SSSR count). The van der Waals surface area contributed by atoms with Crippen molar-refractivity contribution in [1.82, 2.24) is 0 Å². The van der Waals surface area contributed by atoms with Gasteiger partial charge in [0.05, 0.1) is 12.2 Å². The fourth-order valence-corrected chi connectivity index (χ4v) is 4.15. The number of halogens is 1. The number of fused-ring (bicyclic) bond motifs is 2. The van der Waals surface area contributed by atoms with Crippen LogP contribution >= 0.6 is 0 Å². The van der Waals surface area contributed by atoms with E-state index in [4.69, 9.17) is 14.6 Å². The van der Waals surface area contributed by atoms with Gasteiger partial charge >= 0.3 is 5.97 Å². The van der Waals surface area contributed by atoms with Crippen LogP contribution in [0.25, 0.3) is 0 Å². The summed E-state index contributed by atoms with van der Waals surface area (Å²) in [6, 6.07) is 5.72. The zero-order valence-electron chi connectivity index (χ0n) is 16.5. The molecule has 5 nitrogen and oxygen atoms in total. The van der Waals surface area contributed by atoms with Crippen molar-refractivity contribution in [2.24, 2.45) is 11.8 Å². The van der Waals surface area contributed by atoms with Crippen molar-refractivity contribution in [1.29, 1.82) is 0 Å². The van der Waals surface area contributed by atoms with Crippen molar-refractivity contribution in [2.75, 3.05) is 6.61 Å². The molecule has 158 valence electrons. The summed E-state index contributed by atoms with van der Waals surface area (Å²) in [6.45, 7) is 0.109. The molecule has 1 aromatic rings. The number of carboxylic acids is 1. The maximum absolute atomic E-state index is 12.9. The SMILES string of the molecule is O=C(O)CCC/C=C\C[C@H]1[C@H](/C=C/C(O)COc2ccc(F)cc2)[C@H]2CC[C@H]1O2. The first-order valence-electron chi connectivity index (χ1n) is 10.3. The van der Waals surface area contributed by atoms with Gasteiger partial charge in [-0.15, -0.1) is 0 Å². The topological polar surface area (TPSA) is 76.0 Å². The molecule has 2 fully saturated rings. The number of ether oxygens (including phenoxy) is 2. The Morgan fingerprint density at radius 1 is 1.24 bits per heavy atom. The quantitative estimate of drug-likeness (QED) is 0.429. The highest BCUT2D eigenvalue weighted by atomic mass is 19.1. The lowest BCUT2D eigenvalue weighted by atomic mass is 9.77. The van der Waals surface area contributed by atoms with Gasteiger partial charge in [-0.05, 0) is 62.3 Å². The Morgan fingerprint density at radius 3 is 2.76 bits per heavy atom. The fourth-order valence-electron chi connectivity index (χ4n) is 4.15. The second-order valence-corrected chi connectivity index (χ2v) is 7.74. The number of rotatable bonds is 11. The molecule has 2 aliphatic rings. The first-order valence-corrected chi connectivity index (χ1v) is 10.3. The van der Waals surface area contributed by atoms with Crippen LogP contribution in [0.3, 0.4) is 0 Å². The predicted octanol–water partition coefficient (Wildman–Crippen LogP) is 4.12. The Morgan fingerprint density at radius 2 is 2.00 bits per heavy atom. The number of carboxylic acid groups (broad SMARTS) is 1. The average Bonchev–Trinajstić information content (AvgIpc) is 3.30. The van der Waals surface area contributed by atoms with Gasteiger partial charge in [0.1, 0.15) is 24.3 Å². The van der Waals surface area contributed by atoms with Crippen LogP contribution < -0.4 is 4.74 Å². The third-order valence-electron chi connectivity index (χ3n) is 5.61. The van der Waals surface area contributed by atoms with Crippen LogP contribution in [0.15, 0.2) is 48.6 Å². The van der Waals surface area contributed by atoms with Gasteiger partial charge in [0.25, 0.3) is 0 Å². The van der Waals surface area contributed by atoms with E-state index in [2.05, 4.69) is 12.2 Å². The van der Waals surface area contributed by atoms with E-state index in [-0.39, 0.29) is 37.0 Å². The summed E-state index contributed by atoms with van der Waals surface area (Å²) in [5.74, 6) is 0.0833. The van der Waals surface area contributed by atoms with E-state index in [9.17, 15) is 14.3 Å². The molecule has 6 heteroatoms. The van der Waals surface area contributed by atoms with Gasteiger partial charge in [0.15, 0.2) is 0 Å². The smallest absolute Gasteiger partial charge is 0.303 e. The van der Waals surface area contributed by atoms with Crippen molar-refractivity contribution in [3.05, 3.63) is 54.4 Å². The summed E-state index contributed by atoms with van der Waals surface area (Å²) < 4.78 is 24.5. The van der Waals surface area contributed by atoms with Crippen LogP contribution in [0, 0.1) is 17.7 Å². The maximum Gasteiger partial charge on any atom is 0.303 e. The van der Waals surface area contributed by atoms with E-state index < -0.39 is 12.1 Å². The molecule has 0 aliphatic carbocycles. The van der Waals surface area contributed by atoms with E-state index in [1.165, 1.54) is 24.3 Å².